The van der Waals surface area contributed by atoms with Crippen molar-refractivity contribution < 1.29 is 28.8 Å². The highest BCUT2D eigenvalue weighted by Gasteiger charge is 2.33. The van der Waals surface area contributed by atoms with E-state index < -0.39 is 25.4 Å². The third kappa shape index (κ3) is 4.13. The average molecular weight is 475 g/mol. The smallest absolute Gasteiger partial charge is 0.274 e. The van der Waals surface area contributed by atoms with Gasteiger partial charge in [-0.25, -0.2) is 9.37 Å². The third-order valence-electron chi connectivity index (χ3n) is 6.02. The van der Waals surface area contributed by atoms with Gasteiger partial charge in [0.25, 0.3) is 5.56 Å². The van der Waals surface area contributed by atoms with E-state index in [0.29, 0.717) is 30.1 Å². The lowest BCUT2D eigenvalue weighted by atomic mass is 10.0. The molecule has 2 aromatic heterocycles. The van der Waals surface area contributed by atoms with Crippen LogP contribution >= 0.6 is 0 Å². The number of hydrogen-bond acceptors (Lipinski definition) is 8. The number of aromatic nitrogens is 3. The van der Waals surface area contributed by atoms with Crippen LogP contribution in [0.5, 0.6) is 17.2 Å². The number of nitrogens with zero attached hydrogens (tertiary/aromatic N) is 4. The van der Waals surface area contributed by atoms with Gasteiger partial charge in [-0.2, -0.15) is 4.52 Å². The number of fused-ring (bicyclic) bond motifs is 2. The molecule has 9 nitrogen and oxygen atoms in total. The van der Waals surface area contributed by atoms with Crippen LogP contribution in [-0.4, -0.2) is 60.2 Å². The molecule has 5 rings (SSSR count). The molecule has 0 spiro atoms. The molecule has 10 heteroatoms. The van der Waals surface area contributed by atoms with E-state index in [4.69, 9.17) is 24.4 Å². The molecule has 0 radical (unpaired) electrons. The first-order chi connectivity index (χ1) is 17.9. The number of methoxy groups -OCH3 is 1. The van der Waals surface area contributed by atoms with E-state index in [9.17, 15) is 4.79 Å². The van der Waals surface area contributed by atoms with Crippen LogP contribution in [0.25, 0.3) is 5.65 Å². The van der Waals surface area contributed by atoms with E-state index in [-0.39, 0.29) is 36.0 Å². The van der Waals surface area contributed by atoms with Crippen LogP contribution < -0.4 is 24.7 Å². The molecule has 0 N–H and O–H groups in total. The quantitative estimate of drug-likeness (QED) is 0.558. The average Bonchev–Trinajstić information content (AvgIpc) is 2.84. The molecule has 1 fully saturated rings. The molecular weight excluding hydrogens is 443 g/mol. The Labute approximate surface area is 201 Å². The Morgan fingerprint density at radius 3 is 2.76 bits per heavy atom. The van der Waals surface area contributed by atoms with Crippen LogP contribution in [0, 0.1) is 13.8 Å². The highest BCUT2D eigenvalue weighted by Crippen LogP contribution is 2.35. The molecule has 0 bridgehead atoms. The maximum atomic E-state index is 15.3. The Hall–Kier alpha value is -3.40. The number of ether oxygens (including phenoxy) is 4. The van der Waals surface area contributed by atoms with Gasteiger partial charge in [0.15, 0.2) is 29.1 Å². The SMILES string of the molecule is [2H]C1([2H])Oc2ccc(O[C@@H]3CCN(c4nn5c(=O)cc(COC)nc5c(C)c4C)C[C@@H]3F)cc2OC1([2H])[2H]. The summed E-state index contributed by atoms with van der Waals surface area (Å²) in [5.41, 5.74) is 2.14. The van der Waals surface area contributed by atoms with E-state index in [1.807, 2.05) is 13.8 Å². The first kappa shape index (κ1) is 18.0. The molecule has 0 unspecified atom stereocenters. The van der Waals surface area contributed by atoms with Crippen molar-refractivity contribution in [1.29, 1.82) is 0 Å². The van der Waals surface area contributed by atoms with E-state index in [0.717, 1.165) is 11.1 Å². The van der Waals surface area contributed by atoms with Gasteiger partial charge >= 0.3 is 0 Å². The van der Waals surface area contributed by atoms with E-state index in [1.54, 1.807) is 4.90 Å². The van der Waals surface area contributed by atoms with Crippen LogP contribution in [0.15, 0.2) is 29.1 Å². The minimum atomic E-state index is -2.71. The van der Waals surface area contributed by atoms with Crippen molar-refractivity contribution in [3.63, 3.8) is 0 Å². The number of piperidine rings is 1. The second-order valence-corrected chi connectivity index (χ2v) is 8.25. The number of benzene rings is 1. The topological polar surface area (TPSA) is 87.4 Å². The second-order valence-electron chi connectivity index (χ2n) is 8.25. The van der Waals surface area contributed by atoms with Gasteiger partial charge in [0.1, 0.15) is 25.0 Å². The van der Waals surface area contributed by atoms with Gasteiger partial charge in [0.2, 0.25) is 0 Å². The summed E-state index contributed by atoms with van der Waals surface area (Å²) in [4.78, 5) is 19.0. The summed E-state index contributed by atoms with van der Waals surface area (Å²) in [7, 11) is 1.53. The fourth-order valence-electron chi connectivity index (χ4n) is 4.15. The molecule has 0 saturated carbocycles. The Morgan fingerprint density at radius 2 is 2.00 bits per heavy atom. The van der Waals surface area contributed by atoms with E-state index >= 15 is 4.39 Å². The second kappa shape index (κ2) is 9.09. The normalized spacial score (nSPS) is 24.6. The molecule has 180 valence electrons. The van der Waals surface area contributed by atoms with Crippen LogP contribution in [0.4, 0.5) is 10.2 Å². The molecule has 34 heavy (non-hydrogen) atoms. The largest absolute Gasteiger partial charge is 0.487 e. The minimum Gasteiger partial charge on any atom is -0.487 e. The number of hydrogen-bond donors (Lipinski definition) is 0. The number of halogens is 1. The standard InChI is InChI=1S/C24H27FN4O5/c1-14-15(2)24(27-29-22(30)10-16(13-31-3)26-23(14)29)28-7-6-19(18(25)12-28)34-17-4-5-20-21(11-17)33-9-8-32-20/h4-5,10-11,18-19H,6-9,12-13H2,1-3H3/t18-,19+/m0/s1/i8D2,9D2. The minimum absolute atomic E-state index is 0.0132. The lowest BCUT2D eigenvalue weighted by Crippen LogP contribution is -2.48. The molecule has 2 aliphatic heterocycles. The summed E-state index contributed by atoms with van der Waals surface area (Å²) in [6.45, 7) is -1.06. The lowest BCUT2D eigenvalue weighted by molar-refractivity contribution is 0.0809. The van der Waals surface area contributed by atoms with Crippen molar-refractivity contribution in [1.82, 2.24) is 14.6 Å². The summed E-state index contributed by atoms with van der Waals surface area (Å²) >= 11 is 0. The fourth-order valence-corrected chi connectivity index (χ4v) is 4.15. The molecule has 0 aliphatic carbocycles. The van der Waals surface area contributed by atoms with Gasteiger partial charge in [0.05, 0.1) is 24.3 Å². The molecule has 1 aromatic carbocycles. The van der Waals surface area contributed by atoms with E-state index in [1.165, 1.54) is 35.9 Å². The Bertz CT molecular complexity index is 1450. The summed E-state index contributed by atoms with van der Waals surface area (Å²) in [6, 6.07) is 5.62. The van der Waals surface area contributed by atoms with Gasteiger partial charge in [-0.05, 0) is 26.0 Å². The monoisotopic (exact) mass is 474 g/mol. The third-order valence-corrected chi connectivity index (χ3v) is 6.02. The van der Waals surface area contributed by atoms with Crippen LogP contribution in [0.1, 0.15) is 28.7 Å². The van der Waals surface area contributed by atoms with Crippen molar-refractivity contribution >= 4 is 11.5 Å². The molecule has 2 atom stereocenters. The number of rotatable bonds is 5. The predicted molar refractivity (Wildman–Crippen MR) is 123 cm³/mol. The summed E-state index contributed by atoms with van der Waals surface area (Å²) < 4.78 is 68.6. The Morgan fingerprint density at radius 1 is 1.21 bits per heavy atom. The van der Waals surface area contributed by atoms with Gasteiger partial charge in [-0.15, -0.1) is 5.10 Å². The van der Waals surface area contributed by atoms with Gasteiger partial charge in [0, 0.05) is 43.3 Å². The fraction of sp³-hybridized carbons (Fsp3) is 0.458. The molecular formula is C24H27FN4O5. The number of alkyl halides is 1. The summed E-state index contributed by atoms with van der Waals surface area (Å²) in [6.07, 6.45) is -1.87. The van der Waals surface area contributed by atoms with Crippen molar-refractivity contribution in [2.75, 3.05) is 38.2 Å². The van der Waals surface area contributed by atoms with Crippen LogP contribution in [0.2, 0.25) is 0 Å². The van der Waals surface area contributed by atoms with Gasteiger partial charge < -0.3 is 23.8 Å². The lowest BCUT2D eigenvalue weighted by Gasteiger charge is -2.36. The molecule has 3 aromatic rings. The summed E-state index contributed by atoms with van der Waals surface area (Å²) in [5, 5.41) is 4.50. The Balaban J connectivity index is 1.34. The molecule has 1 saturated heterocycles. The van der Waals surface area contributed by atoms with Crippen molar-refractivity contribution in [3.05, 3.63) is 51.4 Å². The Kier molecular flexibility index (Phi) is 4.81. The molecule has 4 heterocycles. The van der Waals surface area contributed by atoms with Crippen LogP contribution in [-0.2, 0) is 11.3 Å². The van der Waals surface area contributed by atoms with Gasteiger partial charge in [-0.3, -0.25) is 4.79 Å². The van der Waals surface area contributed by atoms with Gasteiger partial charge in [-0.1, -0.05) is 0 Å². The maximum Gasteiger partial charge on any atom is 0.274 e. The predicted octanol–water partition coefficient (Wildman–Crippen LogP) is 2.62. The zero-order valence-electron chi connectivity index (χ0n) is 23.0. The zero-order valence-corrected chi connectivity index (χ0v) is 19.0. The highest BCUT2D eigenvalue weighted by molar-refractivity contribution is 5.59. The van der Waals surface area contributed by atoms with Crippen molar-refractivity contribution in [3.8, 4) is 17.2 Å². The van der Waals surface area contributed by atoms with Crippen molar-refractivity contribution in [2.24, 2.45) is 0 Å². The first-order valence-corrected chi connectivity index (χ1v) is 10.9. The highest BCUT2D eigenvalue weighted by atomic mass is 19.1. The van der Waals surface area contributed by atoms with Crippen molar-refractivity contribution in [2.45, 2.75) is 39.2 Å². The maximum absolute atomic E-state index is 15.3. The molecule has 0 amide bonds. The summed E-state index contributed by atoms with van der Waals surface area (Å²) in [5.74, 6) is 0.730. The zero-order chi connectivity index (χ0) is 27.4. The number of aryl methyl sites for hydroxylation is 1. The van der Waals surface area contributed by atoms with Crippen LogP contribution in [0.3, 0.4) is 0 Å². The molecule has 2 aliphatic rings. The number of anilines is 1. The first-order valence-electron chi connectivity index (χ1n) is 12.9. The van der Waals surface area contributed by atoms with E-state index in [2.05, 4.69) is 10.1 Å².